The summed E-state index contributed by atoms with van der Waals surface area (Å²) in [5.41, 5.74) is 0.564. The first kappa shape index (κ1) is 17.1. The minimum atomic E-state index is -1.84. The van der Waals surface area contributed by atoms with Gasteiger partial charge < -0.3 is 4.72 Å². The molecule has 0 heterocycles. The predicted molar refractivity (Wildman–Crippen MR) is 83.3 cm³/mol. The van der Waals surface area contributed by atoms with E-state index in [0.717, 1.165) is 12.8 Å². The van der Waals surface area contributed by atoms with Gasteiger partial charge in [-0.15, -0.1) is 0 Å². The van der Waals surface area contributed by atoms with Gasteiger partial charge in [0.1, 0.15) is 5.82 Å². The molecular weight excluding hydrogens is 345 g/mol. The van der Waals surface area contributed by atoms with E-state index in [1.807, 2.05) is 0 Å². The van der Waals surface area contributed by atoms with Crippen LogP contribution in [0.25, 0.3) is 0 Å². The molecule has 24 heavy (non-hydrogen) atoms. The summed E-state index contributed by atoms with van der Waals surface area (Å²) in [6, 6.07) is 4.27. The second-order valence-electron chi connectivity index (χ2n) is 5.88. The number of benzene rings is 2. The van der Waals surface area contributed by atoms with Crippen molar-refractivity contribution in [2.75, 3.05) is 4.72 Å². The Morgan fingerprint density at radius 2 is 1.67 bits per heavy atom. The average Bonchev–Trinajstić information content (AvgIpc) is 3.37. The maximum absolute atomic E-state index is 14.1. The van der Waals surface area contributed by atoms with Crippen LogP contribution in [0.5, 0.6) is 0 Å². The van der Waals surface area contributed by atoms with Crippen molar-refractivity contribution in [3.05, 3.63) is 58.4 Å². The van der Waals surface area contributed by atoms with E-state index in [4.69, 9.17) is 0 Å². The zero-order valence-corrected chi connectivity index (χ0v) is 13.5. The molecule has 1 fully saturated rings. The summed E-state index contributed by atoms with van der Waals surface area (Å²) in [5, 5.41) is 0. The number of hydrogen-bond acceptors (Lipinski definition) is 2. The van der Waals surface area contributed by atoms with Crippen molar-refractivity contribution in [1.29, 1.82) is 0 Å². The third-order valence-electron chi connectivity index (χ3n) is 3.95. The molecule has 0 spiro atoms. The lowest BCUT2D eigenvalue weighted by atomic mass is 10.1. The second kappa shape index (κ2) is 6.63. The molecule has 0 unspecified atom stereocenters. The first-order chi connectivity index (χ1) is 11.4. The Hall–Kier alpha value is -1.76. The molecule has 3 rings (SSSR count). The first-order valence-electron chi connectivity index (χ1n) is 7.42. The predicted octanol–water partition coefficient (Wildman–Crippen LogP) is 5.76. The zero-order chi connectivity index (χ0) is 17.4. The Morgan fingerprint density at radius 3 is 2.29 bits per heavy atom. The van der Waals surface area contributed by atoms with Crippen LogP contribution >= 0.6 is 11.9 Å². The standard InChI is InChI=1S/C17H14F5NS/c1-8-2-5-10(7-12(8)18)23-24-17-11(6-9-3-4-9)13(19)14(20)15(21)16(17)22/h2,5,7,9,23H,3-4,6H2,1H3. The molecule has 1 saturated carbocycles. The number of aryl methyl sites for hydroxylation is 1. The van der Waals surface area contributed by atoms with Crippen molar-refractivity contribution in [3.8, 4) is 0 Å². The number of rotatable bonds is 5. The van der Waals surface area contributed by atoms with Gasteiger partial charge in [0.05, 0.1) is 4.90 Å². The van der Waals surface area contributed by atoms with Crippen molar-refractivity contribution in [2.45, 2.75) is 31.1 Å². The molecule has 0 radical (unpaired) electrons. The van der Waals surface area contributed by atoms with Crippen molar-refractivity contribution >= 4 is 17.6 Å². The second-order valence-corrected chi connectivity index (χ2v) is 6.70. The average molecular weight is 359 g/mol. The van der Waals surface area contributed by atoms with E-state index in [1.54, 1.807) is 13.0 Å². The van der Waals surface area contributed by atoms with Gasteiger partial charge in [0.15, 0.2) is 23.3 Å². The van der Waals surface area contributed by atoms with Gasteiger partial charge in [-0.3, -0.25) is 0 Å². The Kier molecular flexibility index (Phi) is 4.71. The maximum atomic E-state index is 14.1. The quantitative estimate of drug-likeness (QED) is 0.315. The Labute approximate surface area is 140 Å². The molecule has 1 aliphatic carbocycles. The van der Waals surface area contributed by atoms with E-state index in [1.165, 1.54) is 12.1 Å². The summed E-state index contributed by atoms with van der Waals surface area (Å²) >= 11 is 0.610. The van der Waals surface area contributed by atoms with Crippen LogP contribution in [0.4, 0.5) is 27.6 Å². The molecule has 1 aliphatic rings. The Balaban J connectivity index is 1.91. The van der Waals surface area contributed by atoms with E-state index in [-0.39, 0.29) is 22.8 Å². The smallest absolute Gasteiger partial charge is 0.198 e. The molecule has 2 aromatic carbocycles. The molecule has 0 saturated heterocycles. The molecule has 2 aromatic rings. The number of nitrogens with one attached hydrogen (secondary N) is 1. The molecule has 128 valence electrons. The first-order valence-corrected chi connectivity index (χ1v) is 8.24. The molecule has 0 amide bonds. The van der Waals surface area contributed by atoms with Gasteiger partial charge >= 0.3 is 0 Å². The van der Waals surface area contributed by atoms with E-state index >= 15 is 0 Å². The summed E-state index contributed by atoms with van der Waals surface area (Å²) in [6.07, 6.45) is 1.84. The SMILES string of the molecule is Cc1ccc(NSc2c(F)c(F)c(F)c(F)c2CC2CC2)cc1F. The zero-order valence-electron chi connectivity index (χ0n) is 12.7. The number of halogens is 5. The van der Waals surface area contributed by atoms with Gasteiger partial charge in [0.2, 0.25) is 0 Å². The van der Waals surface area contributed by atoms with Crippen molar-refractivity contribution in [1.82, 2.24) is 0 Å². The Morgan fingerprint density at radius 1 is 1.00 bits per heavy atom. The summed E-state index contributed by atoms with van der Waals surface area (Å²) < 4.78 is 71.4. The highest BCUT2D eigenvalue weighted by Gasteiger charge is 2.30. The number of hydrogen-bond donors (Lipinski definition) is 1. The highest BCUT2D eigenvalue weighted by Crippen LogP contribution is 2.39. The van der Waals surface area contributed by atoms with E-state index in [2.05, 4.69) is 4.72 Å². The van der Waals surface area contributed by atoms with Crippen LogP contribution < -0.4 is 4.72 Å². The van der Waals surface area contributed by atoms with Crippen LogP contribution in [0.2, 0.25) is 0 Å². The monoisotopic (exact) mass is 359 g/mol. The van der Waals surface area contributed by atoms with Crippen LogP contribution in [0.15, 0.2) is 23.1 Å². The maximum Gasteiger partial charge on any atom is 0.198 e. The van der Waals surface area contributed by atoms with Crippen LogP contribution in [0, 0.1) is 41.9 Å². The van der Waals surface area contributed by atoms with Gasteiger partial charge in [-0.1, -0.05) is 6.07 Å². The van der Waals surface area contributed by atoms with Crippen molar-refractivity contribution < 1.29 is 22.0 Å². The summed E-state index contributed by atoms with van der Waals surface area (Å²) in [4.78, 5) is -0.334. The molecule has 0 aliphatic heterocycles. The highest BCUT2D eigenvalue weighted by atomic mass is 32.2. The summed E-state index contributed by atoms with van der Waals surface area (Å²) in [5.74, 6) is -6.74. The molecule has 1 N–H and O–H groups in total. The molecule has 1 nitrogen and oxygen atoms in total. The fraction of sp³-hybridized carbons (Fsp3) is 0.294. The van der Waals surface area contributed by atoms with Crippen LogP contribution in [-0.2, 0) is 6.42 Å². The molecular formula is C17H14F5NS. The van der Waals surface area contributed by atoms with Crippen LogP contribution in [0.1, 0.15) is 24.0 Å². The lowest BCUT2D eigenvalue weighted by molar-refractivity contribution is 0.390. The highest BCUT2D eigenvalue weighted by molar-refractivity contribution is 8.00. The minimum absolute atomic E-state index is 0.145. The normalized spacial score (nSPS) is 14.1. The molecule has 0 bridgehead atoms. The fourth-order valence-corrected chi connectivity index (χ4v) is 3.14. The van der Waals surface area contributed by atoms with Gasteiger partial charge in [-0.25, -0.2) is 22.0 Å². The lowest BCUT2D eigenvalue weighted by Crippen LogP contribution is -2.07. The lowest BCUT2D eigenvalue weighted by Gasteiger charge is -2.14. The van der Waals surface area contributed by atoms with E-state index in [0.29, 0.717) is 23.2 Å². The van der Waals surface area contributed by atoms with Gasteiger partial charge in [-0.05, 0) is 61.7 Å². The fourth-order valence-electron chi connectivity index (χ4n) is 2.32. The van der Waals surface area contributed by atoms with E-state index in [9.17, 15) is 22.0 Å². The summed E-state index contributed by atoms with van der Waals surface area (Å²) in [7, 11) is 0. The van der Waals surface area contributed by atoms with Crippen molar-refractivity contribution in [2.24, 2.45) is 5.92 Å². The summed E-state index contributed by atoms with van der Waals surface area (Å²) in [6.45, 7) is 1.59. The number of anilines is 1. The largest absolute Gasteiger partial charge is 0.325 e. The van der Waals surface area contributed by atoms with Crippen LogP contribution in [-0.4, -0.2) is 0 Å². The van der Waals surface area contributed by atoms with E-state index < -0.39 is 29.1 Å². The minimum Gasteiger partial charge on any atom is -0.325 e. The molecule has 7 heteroatoms. The van der Waals surface area contributed by atoms with Gasteiger partial charge in [0, 0.05) is 11.3 Å². The Bertz CT molecular complexity index is 789. The van der Waals surface area contributed by atoms with Gasteiger partial charge in [-0.2, -0.15) is 0 Å². The van der Waals surface area contributed by atoms with Crippen LogP contribution in [0.3, 0.4) is 0 Å². The third kappa shape index (κ3) is 3.36. The van der Waals surface area contributed by atoms with Crippen molar-refractivity contribution in [3.63, 3.8) is 0 Å². The third-order valence-corrected chi connectivity index (χ3v) is 4.92. The van der Waals surface area contributed by atoms with Gasteiger partial charge in [0.25, 0.3) is 0 Å². The molecule has 0 aromatic heterocycles. The molecule has 0 atom stereocenters. The topological polar surface area (TPSA) is 12.0 Å².